The average Bonchev–Trinajstić information content (AvgIpc) is 3.30. The fourth-order valence-corrected chi connectivity index (χ4v) is 5.44. The van der Waals surface area contributed by atoms with E-state index in [4.69, 9.17) is 12.2 Å². The number of rotatable bonds is 5. The Bertz CT molecular complexity index is 1290. The number of para-hydroxylation sites is 1. The Hall–Kier alpha value is -3.03. The van der Waals surface area contributed by atoms with Crippen molar-refractivity contribution in [1.82, 2.24) is 24.8 Å². The highest BCUT2D eigenvalue weighted by Gasteiger charge is 2.41. The molecule has 1 aromatic carbocycles. The number of halogens is 1. The molecule has 5 rings (SSSR count). The first kappa shape index (κ1) is 21.8. The lowest BCUT2D eigenvalue weighted by Crippen LogP contribution is -2.29. The molecule has 5 nitrogen and oxygen atoms in total. The zero-order valence-electron chi connectivity index (χ0n) is 18.4. The maximum absolute atomic E-state index is 5.84. The number of hydrogen-bond donors (Lipinski definition) is 1. The van der Waals surface area contributed by atoms with Crippen molar-refractivity contribution in [3.63, 3.8) is 0 Å². The first-order chi connectivity index (χ1) is 16.0. The molecule has 3 aromatic heterocycles. The van der Waals surface area contributed by atoms with Crippen LogP contribution in [0.4, 0.5) is 0 Å². The predicted octanol–water partition coefficient (Wildman–Crippen LogP) is 5.82. The van der Waals surface area contributed by atoms with Crippen molar-refractivity contribution in [3.05, 3.63) is 112 Å². The van der Waals surface area contributed by atoms with Gasteiger partial charge in [0, 0.05) is 28.3 Å². The topological polar surface area (TPSA) is 46.0 Å². The van der Waals surface area contributed by atoms with Crippen LogP contribution in [0.25, 0.3) is 5.69 Å². The second-order valence-corrected chi connectivity index (χ2v) is 9.43. The van der Waals surface area contributed by atoms with Crippen LogP contribution in [0.5, 0.6) is 0 Å². The van der Waals surface area contributed by atoms with E-state index in [0.29, 0.717) is 11.7 Å². The van der Waals surface area contributed by atoms with Gasteiger partial charge < -0.3 is 14.8 Å². The van der Waals surface area contributed by atoms with Gasteiger partial charge in [0.2, 0.25) is 0 Å². The molecule has 0 saturated carbocycles. The molecule has 1 saturated heterocycles. The molecule has 0 unspecified atom stereocenters. The van der Waals surface area contributed by atoms with Gasteiger partial charge in [-0.3, -0.25) is 9.97 Å². The van der Waals surface area contributed by atoms with Gasteiger partial charge in [0.1, 0.15) is 0 Å². The first-order valence-corrected chi connectivity index (χ1v) is 12.1. The third-order valence-electron chi connectivity index (χ3n) is 6.14. The van der Waals surface area contributed by atoms with Gasteiger partial charge in [-0.2, -0.15) is 0 Å². The highest BCUT2D eigenvalue weighted by molar-refractivity contribution is 9.10. The molecule has 0 radical (unpaired) electrons. The molecule has 166 valence electrons. The Morgan fingerprint density at radius 3 is 2.39 bits per heavy atom. The second-order valence-electron chi connectivity index (χ2n) is 8.19. The molecule has 0 aliphatic carbocycles. The van der Waals surface area contributed by atoms with Crippen molar-refractivity contribution in [2.45, 2.75) is 32.5 Å². The van der Waals surface area contributed by atoms with Crippen LogP contribution in [0, 0.1) is 13.8 Å². The smallest absolute Gasteiger partial charge is 0.170 e. The monoisotopic (exact) mass is 517 g/mol. The molecule has 0 bridgehead atoms. The molecule has 4 aromatic rings. The van der Waals surface area contributed by atoms with E-state index in [1.165, 1.54) is 17.0 Å². The Morgan fingerprint density at radius 2 is 1.70 bits per heavy atom. The number of aromatic nitrogens is 3. The summed E-state index contributed by atoms with van der Waals surface area (Å²) in [5.41, 5.74) is 6.65. The minimum absolute atomic E-state index is 0.0168. The van der Waals surface area contributed by atoms with E-state index in [-0.39, 0.29) is 12.1 Å². The van der Waals surface area contributed by atoms with E-state index in [1.54, 1.807) is 0 Å². The highest BCUT2D eigenvalue weighted by Crippen LogP contribution is 2.42. The van der Waals surface area contributed by atoms with Gasteiger partial charge in [-0.1, -0.05) is 24.3 Å². The Morgan fingerprint density at radius 1 is 0.970 bits per heavy atom. The molecule has 1 aliphatic rings. The molecule has 7 heteroatoms. The Balaban J connectivity index is 1.63. The summed E-state index contributed by atoms with van der Waals surface area (Å²) >= 11 is 9.56. The molecule has 0 amide bonds. The maximum Gasteiger partial charge on any atom is 0.170 e. The van der Waals surface area contributed by atoms with Crippen LogP contribution in [-0.2, 0) is 6.54 Å². The average molecular weight is 518 g/mol. The van der Waals surface area contributed by atoms with Gasteiger partial charge in [0.15, 0.2) is 5.11 Å². The summed E-state index contributed by atoms with van der Waals surface area (Å²) in [5, 5.41) is 4.26. The van der Waals surface area contributed by atoms with Gasteiger partial charge in [-0.15, -0.1) is 0 Å². The summed E-state index contributed by atoms with van der Waals surface area (Å²) < 4.78 is 3.36. The fourth-order valence-electron chi connectivity index (χ4n) is 4.67. The van der Waals surface area contributed by atoms with Crippen LogP contribution in [0.15, 0.2) is 83.6 Å². The van der Waals surface area contributed by atoms with Gasteiger partial charge in [0.05, 0.1) is 35.7 Å². The van der Waals surface area contributed by atoms with E-state index in [0.717, 1.165) is 21.5 Å². The maximum atomic E-state index is 5.84. The number of aryl methyl sites for hydroxylation is 1. The van der Waals surface area contributed by atoms with Crippen molar-refractivity contribution < 1.29 is 0 Å². The summed E-state index contributed by atoms with van der Waals surface area (Å²) in [6.45, 7) is 4.95. The van der Waals surface area contributed by atoms with Gasteiger partial charge in [0.25, 0.3) is 0 Å². The normalized spacial score (nSPS) is 17.9. The summed E-state index contributed by atoms with van der Waals surface area (Å²) in [6, 6.07) is 22.5. The molecule has 1 aliphatic heterocycles. The van der Waals surface area contributed by atoms with Crippen LogP contribution in [0.1, 0.15) is 40.4 Å². The minimum Gasteiger partial charge on any atom is -0.352 e. The lowest BCUT2D eigenvalue weighted by molar-refractivity contribution is 0.307. The molecule has 0 spiro atoms. The quantitative estimate of drug-likeness (QED) is 0.338. The zero-order valence-corrected chi connectivity index (χ0v) is 20.8. The predicted molar refractivity (Wildman–Crippen MR) is 138 cm³/mol. The van der Waals surface area contributed by atoms with Crippen molar-refractivity contribution in [1.29, 1.82) is 0 Å². The van der Waals surface area contributed by atoms with E-state index >= 15 is 0 Å². The summed E-state index contributed by atoms with van der Waals surface area (Å²) in [7, 11) is 0. The van der Waals surface area contributed by atoms with E-state index in [9.17, 15) is 0 Å². The number of thiocarbonyl (C=S) groups is 1. The molecule has 1 N–H and O–H groups in total. The summed E-state index contributed by atoms with van der Waals surface area (Å²) in [4.78, 5) is 11.5. The third-order valence-corrected chi connectivity index (χ3v) is 7.16. The molecular weight excluding hydrogens is 494 g/mol. The van der Waals surface area contributed by atoms with Crippen LogP contribution < -0.4 is 5.32 Å². The second kappa shape index (κ2) is 9.08. The van der Waals surface area contributed by atoms with Crippen LogP contribution in [-0.4, -0.2) is 24.5 Å². The van der Waals surface area contributed by atoms with Crippen LogP contribution in [0.2, 0.25) is 0 Å². The molecule has 33 heavy (non-hydrogen) atoms. The lowest BCUT2D eigenvalue weighted by atomic mass is 9.96. The molecule has 1 fully saturated rings. The van der Waals surface area contributed by atoms with Crippen molar-refractivity contribution in [2.24, 2.45) is 0 Å². The van der Waals surface area contributed by atoms with Crippen molar-refractivity contribution in [3.8, 4) is 5.69 Å². The molecule has 4 heterocycles. The number of benzene rings is 1. The summed E-state index contributed by atoms with van der Waals surface area (Å²) in [5.74, 6) is 0. The summed E-state index contributed by atoms with van der Waals surface area (Å²) in [6.07, 6.45) is 3.66. The number of nitrogens with one attached hydrogen (secondary N) is 1. The number of hydrogen-bond acceptors (Lipinski definition) is 3. The highest BCUT2D eigenvalue weighted by atomic mass is 79.9. The van der Waals surface area contributed by atoms with E-state index in [2.05, 4.69) is 84.9 Å². The number of nitrogens with zero attached hydrogens (tertiary/aromatic N) is 4. The minimum atomic E-state index is -0.0597. The largest absolute Gasteiger partial charge is 0.352 e. The first-order valence-electron chi connectivity index (χ1n) is 10.9. The molecular formula is C26H24BrN5S. The van der Waals surface area contributed by atoms with Crippen molar-refractivity contribution in [2.75, 3.05) is 0 Å². The number of pyridine rings is 2. The van der Waals surface area contributed by atoms with Gasteiger partial charge >= 0.3 is 0 Å². The van der Waals surface area contributed by atoms with Crippen LogP contribution in [0.3, 0.4) is 0 Å². The molecule has 2 atom stereocenters. The van der Waals surface area contributed by atoms with E-state index in [1.807, 2.05) is 48.8 Å². The van der Waals surface area contributed by atoms with Crippen molar-refractivity contribution >= 4 is 33.3 Å². The third kappa shape index (κ3) is 4.07. The van der Waals surface area contributed by atoms with Gasteiger partial charge in [-0.25, -0.2) is 0 Å². The van der Waals surface area contributed by atoms with Gasteiger partial charge in [-0.05, 0) is 90.0 Å². The lowest BCUT2D eigenvalue weighted by Gasteiger charge is -2.28. The van der Waals surface area contributed by atoms with E-state index < -0.39 is 0 Å². The zero-order chi connectivity index (χ0) is 22.9. The van der Waals surface area contributed by atoms with Crippen LogP contribution >= 0.6 is 28.1 Å². The Labute approximate surface area is 207 Å². The standard InChI is InChI=1S/C26H24BrN5S/c1-17-15-20(18(2)32(17)23-12-4-3-10-21(23)27)25-24(22-11-6-8-14-29-22)30-26(33)31(25)16-19-9-5-7-13-28-19/h3-15,24-25H,16H2,1-2H3,(H,30,33)/t24-,25-/m1/s1. The fraction of sp³-hybridized carbons (Fsp3) is 0.192. The SMILES string of the molecule is Cc1cc([C@@H]2[C@@H](c3ccccn3)NC(=S)N2Cc2ccccn2)c(C)n1-c1ccccc1Br. The Kier molecular flexibility index (Phi) is 6.00.